The number of hydrogen-bond acceptors (Lipinski definition) is 5. The Morgan fingerprint density at radius 2 is 1.88 bits per heavy atom. The number of aromatic nitrogens is 2. The maximum Gasteiger partial charge on any atom is 0.317 e. The van der Waals surface area contributed by atoms with Crippen LogP contribution in [-0.4, -0.2) is 71.1 Å². The molecule has 1 atom stereocenters. The van der Waals surface area contributed by atoms with E-state index < -0.39 is 0 Å². The van der Waals surface area contributed by atoms with Crippen molar-refractivity contribution >= 4 is 35.2 Å². The van der Waals surface area contributed by atoms with Gasteiger partial charge in [0.2, 0.25) is 5.95 Å². The first-order valence-corrected chi connectivity index (χ1v) is 12.5. The molecule has 2 aliphatic rings. The second-order valence-corrected chi connectivity index (χ2v) is 9.79. The van der Waals surface area contributed by atoms with Crippen LogP contribution in [0.15, 0.2) is 36.5 Å². The van der Waals surface area contributed by atoms with E-state index in [1.165, 1.54) is 24.6 Å². The average Bonchev–Trinajstić information content (AvgIpc) is 2.82. The minimum Gasteiger partial charge on any atom is -0.338 e. The Bertz CT molecular complexity index is 922. The first-order chi connectivity index (χ1) is 16.0. The summed E-state index contributed by atoms with van der Waals surface area (Å²) in [7, 11) is 0. The third-order valence-corrected chi connectivity index (χ3v) is 7.31. The molecule has 0 radical (unpaired) electrons. The number of anilines is 1. The number of piperidine rings is 1. The lowest BCUT2D eigenvalue weighted by Crippen LogP contribution is -2.57. The summed E-state index contributed by atoms with van der Waals surface area (Å²) in [4.78, 5) is 27.8. The van der Waals surface area contributed by atoms with Gasteiger partial charge in [-0.05, 0) is 50.8 Å². The topological polar surface area (TPSA) is 64.6 Å². The van der Waals surface area contributed by atoms with Crippen molar-refractivity contribution < 1.29 is 4.79 Å². The summed E-state index contributed by atoms with van der Waals surface area (Å²) in [6.07, 6.45) is 4.95. The molecule has 2 saturated heterocycles. The van der Waals surface area contributed by atoms with E-state index in [0.717, 1.165) is 32.6 Å². The fraction of sp³-hybridized carbons (Fsp3) is 0.542. The number of hydrogen-bond donors (Lipinski definition) is 1. The van der Waals surface area contributed by atoms with Crippen LogP contribution in [-0.2, 0) is 6.54 Å². The van der Waals surface area contributed by atoms with Gasteiger partial charge in [-0.25, -0.2) is 9.78 Å². The molecule has 7 nitrogen and oxygen atoms in total. The summed E-state index contributed by atoms with van der Waals surface area (Å²) >= 11 is 11.9. The minimum absolute atomic E-state index is 0.0127. The quantitative estimate of drug-likeness (QED) is 0.611. The molecule has 0 spiro atoms. The van der Waals surface area contributed by atoms with Crippen molar-refractivity contribution in [3.8, 4) is 0 Å². The van der Waals surface area contributed by atoms with E-state index in [-0.39, 0.29) is 17.2 Å². The highest BCUT2D eigenvalue weighted by atomic mass is 35.5. The molecule has 0 unspecified atom stereocenters. The number of urea groups is 1. The molecular formula is C24H32Cl2N6O. The van der Waals surface area contributed by atoms with Gasteiger partial charge in [0.15, 0.2) is 5.15 Å². The van der Waals surface area contributed by atoms with E-state index >= 15 is 0 Å². The molecule has 0 bridgehead atoms. The molecule has 2 amide bonds. The van der Waals surface area contributed by atoms with Gasteiger partial charge in [-0.15, -0.1) is 0 Å². The molecular weight excluding hydrogens is 459 g/mol. The van der Waals surface area contributed by atoms with Gasteiger partial charge in [-0.2, -0.15) is 4.98 Å². The normalized spacial score (nSPS) is 20.2. The predicted octanol–water partition coefficient (Wildman–Crippen LogP) is 4.31. The third kappa shape index (κ3) is 6.49. The lowest BCUT2D eigenvalue weighted by molar-refractivity contribution is 0.162. The second-order valence-electron chi connectivity index (χ2n) is 9.02. The van der Waals surface area contributed by atoms with E-state index in [1.807, 2.05) is 16.7 Å². The highest BCUT2D eigenvalue weighted by Gasteiger charge is 2.29. The first kappa shape index (κ1) is 24.0. The Hall–Kier alpha value is -2.09. The number of rotatable bonds is 6. The molecule has 2 fully saturated rings. The molecule has 0 aliphatic carbocycles. The smallest absolute Gasteiger partial charge is 0.317 e. The van der Waals surface area contributed by atoms with Gasteiger partial charge in [0.1, 0.15) is 0 Å². The Morgan fingerprint density at radius 1 is 1.12 bits per heavy atom. The first-order valence-electron chi connectivity index (χ1n) is 11.7. The largest absolute Gasteiger partial charge is 0.338 e. The molecule has 178 valence electrons. The minimum atomic E-state index is 0.0127. The van der Waals surface area contributed by atoms with Crippen LogP contribution in [0.1, 0.15) is 31.7 Å². The number of amides is 2. The summed E-state index contributed by atoms with van der Waals surface area (Å²) in [6.45, 7) is 8.00. The van der Waals surface area contributed by atoms with Gasteiger partial charge in [-0.3, -0.25) is 4.90 Å². The van der Waals surface area contributed by atoms with E-state index in [2.05, 4.69) is 50.5 Å². The van der Waals surface area contributed by atoms with Crippen LogP contribution in [0.3, 0.4) is 0 Å². The van der Waals surface area contributed by atoms with Crippen LogP contribution in [0.4, 0.5) is 10.7 Å². The molecule has 1 aromatic heterocycles. The zero-order valence-corrected chi connectivity index (χ0v) is 20.6. The van der Waals surface area contributed by atoms with Gasteiger partial charge in [0.25, 0.3) is 0 Å². The van der Waals surface area contributed by atoms with Crippen molar-refractivity contribution in [2.75, 3.05) is 44.2 Å². The van der Waals surface area contributed by atoms with Gasteiger partial charge < -0.3 is 15.1 Å². The van der Waals surface area contributed by atoms with Gasteiger partial charge in [0.05, 0.1) is 11.2 Å². The fourth-order valence-electron chi connectivity index (χ4n) is 4.69. The highest BCUT2D eigenvalue weighted by molar-refractivity contribution is 6.41. The van der Waals surface area contributed by atoms with Gasteiger partial charge in [-0.1, -0.05) is 53.5 Å². The standard InChI is InChI=1S/C24H32Cl2N6O/c1-18-16-31(23-28-15-21(25)22(26)29-23)13-14-32(18)24(33)27-10-7-19-8-11-30(12-9-19)17-20-5-3-2-4-6-20/h2-6,15,18-19H,7-14,16-17H2,1H3,(H,27,33)/t18-/m1/s1. The Balaban J connectivity index is 1.16. The maximum absolute atomic E-state index is 12.8. The lowest BCUT2D eigenvalue weighted by Gasteiger charge is -2.39. The van der Waals surface area contributed by atoms with E-state index in [9.17, 15) is 4.79 Å². The maximum atomic E-state index is 12.8. The predicted molar refractivity (Wildman–Crippen MR) is 133 cm³/mol. The average molecular weight is 491 g/mol. The van der Waals surface area contributed by atoms with E-state index in [0.29, 0.717) is 36.5 Å². The van der Waals surface area contributed by atoms with Crippen molar-refractivity contribution in [3.63, 3.8) is 0 Å². The van der Waals surface area contributed by atoms with Crippen molar-refractivity contribution in [1.29, 1.82) is 0 Å². The SMILES string of the molecule is C[C@@H]1CN(c2ncc(Cl)c(Cl)n2)CCN1C(=O)NCCC1CCN(Cc2ccccc2)CC1. The summed E-state index contributed by atoms with van der Waals surface area (Å²) in [5.74, 6) is 1.23. The number of carbonyl (C=O) groups excluding carboxylic acids is 1. The number of nitrogens with zero attached hydrogens (tertiary/aromatic N) is 5. The van der Waals surface area contributed by atoms with Crippen LogP contribution in [0.25, 0.3) is 0 Å². The summed E-state index contributed by atoms with van der Waals surface area (Å²) in [6, 6.07) is 10.7. The molecule has 0 saturated carbocycles. The van der Waals surface area contributed by atoms with Crippen LogP contribution in [0, 0.1) is 5.92 Å². The van der Waals surface area contributed by atoms with E-state index in [4.69, 9.17) is 23.2 Å². The molecule has 2 aliphatic heterocycles. The number of benzene rings is 1. The van der Waals surface area contributed by atoms with Crippen LogP contribution >= 0.6 is 23.2 Å². The van der Waals surface area contributed by atoms with Crippen LogP contribution in [0.2, 0.25) is 10.2 Å². The van der Waals surface area contributed by atoms with Crippen molar-refractivity contribution in [3.05, 3.63) is 52.3 Å². The van der Waals surface area contributed by atoms with Gasteiger partial charge in [0, 0.05) is 38.8 Å². The Kier molecular flexibility index (Phi) is 8.28. The fourth-order valence-corrected chi connectivity index (χ4v) is 4.91. The summed E-state index contributed by atoms with van der Waals surface area (Å²) in [5, 5.41) is 3.73. The Labute approximate surface area is 206 Å². The van der Waals surface area contributed by atoms with Gasteiger partial charge >= 0.3 is 6.03 Å². The number of carbonyl (C=O) groups is 1. The molecule has 1 N–H and O–H groups in total. The van der Waals surface area contributed by atoms with Crippen molar-refractivity contribution in [2.45, 2.75) is 38.8 Å². The highest BCUT2D eigenvalue weighted by Crippen LogP contribution is 2.23. The third-order valence-electron chi connectivity index (χ3n) is 6.64. The summed E-state index contributed by atoms with van der Waals surface area (Å²) in [5.41, 5.74) is 1.38. The number of likely N-dealkylation sites (tertiary alicyclic amines) is 1. The van der Waals surface area contributed by atoms with Crippen molar-refractivity contribution in [2.24, 2.45) is 5.92 Å². The van der Waals surface area contributed by atoms with E-state index in [1.54, 1.807) is 0 Å². The molecule has 1 aromatic carbocycles. The zero-order valence-electron chi connectivity index (χ0n) is 19.1. The number of halogens is 2. The molecule has 4 rings (SSSR count). The molecule has 9 heteroatoms. The van der Waals surface area contributed by atoms with Crippen LogP contribution < -0.4 is 10.2 Å². The van der Waals surface area contributed by atoms with Crippen molar-refractivity contribution in [1.82, 2.24) is 25.1 Å². The second kappa shape index (κ2) is 11.4. The lowest BCUT2D eigenvalue weighted by atomic mass is 9.93. The van der Waals surface area contributed by atoms with Crippen LogP contribution in [0.5, 0.6) is 0 Å². The summed E-state index contributed by atoms with van der Waals surface area (Å²) < 4.78 is 0. The molecule has 2 aromatic rings. The number of nitrogens with one attached hydrogen (secondary N) is 1. The monoisotopic (exact) mass is 490 g/mol. The number of piperazine rings is 1. The molecule has 33 heavy (non-hydrogen) atoms. The molecule has 3 heterocycles. The zero-order chi connectivity index (χ0) is 23.2. The Morgan fingerprint density at radius 3 is 2.58 bits per heavy atom.